The van der Waals surface area contributed by atoms with E-state index in [0.29, 0.717) is 24.9 Å². The van der Waals surface area contributed by atoms with Gasteiger partial charge in [0.15, 0.2) is 5.96 Å². The normalized spacial score (nSPS) is 12.3. The summed E-state index contributed by atoms with van der Waals surface area (Å²) >= 11 is 6.32. The highest BCUT2D eigenvalue weighted by molar-refractivity contribution is 6.31. The van der Waals surface area contributed by atoms with Gasteiger partial charge in [0.25, 0.3) is 0 Å². The third-order valence-corrected chi connectivity index (χ3v) is 4.33. The molecule has 2 aromatic rings. The molecule has 24 heavy (non-hydrogen) atoms. The Bertz CT molecular complexity index is 702. The predicted octanol–water partition coefficient (Wildman–Crippen LogP) is 3.59. The molecule has 6 heteroatoms. The van der Waals surface area contributed by atoms with Crippen molar-refractivity contribution in [3.05, 3.63) is 52.2 Å². The molecule has 2 N–H and O–H groups in total. The van der Waals surface area contributed by atoms with Crippen molar-refractivity contribution in [2.75, 3.05) is 13.6 Å². The van der Waals surface area contributed by atoms with Gasteiger partial charge in [-0.2, -0.15) is 0 Å². The highest BCUT2D eigenvalue weighted by atomic mass is 35.5. The van der Waals surface area contributed by atoms with Crippen LogP contribution >= 0.6 is 11.6 Å². The van der Waals surface area contributed by atoms with Gasteiger partial charge >= 0.3 is 0 Å². The number of hydrogen-bond acceptors (Lipinski definition) is 3. The molecule has 0 saturated heterocycles. The fourth-order valence-corrected chi connectivity index (χ4v) is 2.80. The molecule has 130 valence electrons. The second-order valence-corrected chi connectivity index (χ2v) is 6.80. The zero-order chi connectivity index (χ0) is 17.7. The first-order valence-electron chi connectivity index (χ1n) is 7.96. The molecule has 1 heterocycles. The average Bonchev–Trinajstić information content (AvgIpc) is 2.86. The van der Waals surface area contributed by atoms with Gasteiger partial charge < -0.3 is 15.1 Å². The van der Waals surface area contributed by atoms with E-state index in [1.807, 2.05) is 32.0 Å². The molecule has 2 rings (SSSR count). The summed E-state index contributed by atoms with van der Waals surface area (Å²) in [6, 6.07) is 7.91. The molecule has 0 aliphatic heterocycles. The first-order valence-corrected chi connectivity index (χ1v) is 8.33. The quantitative estimate of drug-likeness (QED) is 0.640. The van der Waals surface area contributed by atoms with Gasteiger partial charge in [-0.25, -0.2) is 4.98 Å². The van der Waals surface area contributed by atoms with Gasteiger partial charge in [0.2, 0.25) is 5.89 Å². The predicted molar refractivity (Wildman–Crippen MR) is 98.7 cm³/mol. The van der Waals surface area contributed by atoms with Crippen molar-refractivity contribution < 1.29 is 4.42 Å². The van der Waals surface area contributed by atoms with Gasteiger partial charge in [0.05, 0.1) is 12.2 Å². The van der Waals surface area contributed by atoms with Crippen LogP contribution in [-0.4, -0.2) is 24.5 Å². The van der Waals surface area contributed by atoms with Gasteiger partial charge in [-0.15, -0.1) is 0 Å². The van der Waals surface area contributed by atoms with Crippen molar-refractivity contribution in [3.8, 4) is 0 Å². The van der Waals surface area contributed by atoms with Crippen LogP contribution in [0.4, 0.5) is 0 Å². The number of nitrogens with zero attached hydrogens (tertiary/aromatic N) is 2. The Kier molecular flexibility index (Phi) is 5.89. The van der Waals surface area contributed by atoms with Crippen molar-refractivity contribution >= 4 is 17.6 Å². The van der Waals surface area contributed by atoms with E-state index in [0.717, 1.165) is 22.0 Å². The van der Waals surface area contributed by atoms with Crippen molar-refractivity contribution in [2.24, 2.45) is 4.99 Å². The van der Waals surface area contributed by atoms with Gasteiger partial charge in [-0.05, 0) is 25.5 Å². The SMILES string of the molecule is CN=C(NCc1nc(C)c(C)o1)NCC(C)(C)c1ccccc1Cl. The molecule has 1 aromatic carbocycles. The maximum atomic E-state index is 6.32. The number of guanidine groups is 1. The molecule has 0 atom stereocenters. The van der Waals surface area contributed by atoms with E-state index in [1.165, 1.54) is 0 Å². The number of nitrogens with one attached hydrogen (secondary N) is 2. The van der Waals surface area contributed by atoms with Gasteiger partial charge in [-0.1, -0.05) is 43.6 Å². The molecule has 0 aliphatic carbocycles. The molecule has 1 aromatic heterocycles. The number of aryl methyl sites for hydroxylation is 2. The van der Waals surface area contributed by atoms with Crippen LogP contribution < -0.4 is 10.6 Å². The maximum Gasteiger partial charge on any atom is 0.214 e. The van der Waals surface area contributed by atoms with Gasteiger partial charge in [0.1, 0.15) is 5.76 Å². The van der Waals surface area contributed by atoms with Crippen LogP contribution in [-0.2, 0) is 12.0 Å². The Hall–Kier alpha value is -2.01. The number of aliphatic imine (C=N–C) groups is 1. The second kappa shape index (κ2) is 7.71. The third-order valence-electron chi connectivity index (χ3n) is 4.00. The summed E-state index contributed by atoms with van der Waals surface area (Å²) in [6.45, 7) is 9.32. The largest absolute Gasteiger partial charge is 0.444 e. The Labute approximate surface area is 148 Å². The summed E-state index contributed by atoms with van der Waals surface area (Å²) in [6.07, 6.45) is 0. The monoisotopic (exact) mass is 348 g/mol. The Balaban J connectivity index is 1.94. The van der Waals surface area contributed by atoms with Crippen LogP contribution in [0.25, 0.3) is 0 Å². The van der Waals surface area contributed by atoms with E-state index in [4.69, 9.17) is 16.0 Å². The number of benzene rings is 1. The molecule has 0 amide bonds. The molecule has 5 nitrogen and oxygen atoms in total. The van der Waals surface area contributed by atoms with Crippen LogP contribution in [0.3, 0.4) is 0 Å². The number of hydrogen-bond donors (Lipinski definition) is 2. The van der Waals surface area contributed by atoms with Crippen molar-refractivity contribution in [1.29, 1.82) is 0 Å². The van der Waals surface area contributed by atoms with E-state index < -0.39 is 0 Å². The average molecular weight is 349 g/mol. The van der Waals surface area contributed by atoms with E-state index in [9.17, 15) is 0 Å². The molecule has 0 unspecified atom stereocenters. The van der Waals surface area contributed by atoms with Crippen LogP contribution in [0.2, 0.25) is 5.02 Å². The first kappa shape index (κ1) is 18.3. The maximum absolute atomic E-state index is 6.32. The zero-order valence-electron chi connectivity index (χ0n) is 14.9. The van der Waals surface area contributed by atoms with E-state index >= 15 is 0 Å². The molecule has 0 saturated carbocycles. The van der Waals surface area contributed by atoms with Gasteiger partial charge in [0, 0.05) is 24.0 Å². The molecule has 0 bridgehead atoms. The smallest absolute Gasteiger partial charge is 0.214 e. The lowest BCUT2D eigenvalue weighted by Crippen LogP contribution is -2.43. The summed E-state index contributed by atoms with van der Waals surface area (Å²) in [4.78, 5) is 8.60. The second-order valence-electron chi connectivity index (χ2n) is 6.39. The Morgan fingerprint density at radius 1 is 1.25 bits per heavy atom. The summed E-state index contributed by atoms with van der Waals surface area (Å²) in [7, 11) is 1.74. The lowest BCUT2D eigenvalue weighted by Gasteiger charge is -2.27. The van der Waals surface area contributed by atoms with E-state index in [1.54, 1.807) is 7.05 Å². The molecular formula is C18H25ClN4O. The Morgan fingerprint density at radius 3 is 2.54 bits per heavy atom. The molecule has 0 fully saturated rings. The number of rotatable bonds is 5. The number of aromatic nitrogens is 1. The summed E-state index contributed by atoms with van der Waals surface area (Å²) in [5, 5.41) is 7.33. The summed E-state index contributed by atoms with van der Waals surface area (Å²) in [5.41, 5.74) is 1.88. The Morgan fingerprint density at radius 2 is 1.96 bits per heavy atom. The number of halogens is 1. The number of oxazole rings is 1. The van der Waals surface area contributed by atoms with Crippen LogP contribution in [0.15, 0.2) is 33.7 Å². The highest BCUT2D eigenvalue weighted by Gasteiger charge is 2.23. The van der Waals surface area contributed by atoms with Crippen molar-refractivity contribution in [2.45, 2.75) is 39.7 Å². The van der Waals surface area contributed by atoms with E-state index in [-0.39, 0.29) is 5.41 Å². The minimum absolute atomic E-state index is 0.133. The van der Waals surface area contributed by atoms with E-state index in [2.05, 4.69) is 40.5 Å². The summed E-state index contributed by atoms with van der Waals surface area (Å²) in [5.74, 6) is 2.19. The standard InChI is InChI=1S/C18H25ClN4O/c1-12-13(2)24-16(23-12)10-21-17(20-5)22-11-18(3,4)14-8-6-7-9-15(14)19/h6-9H,10-11H2,1-5H3,(H2,20,21,22). The highest BCUT2D eigenvalue weighted by Crippen LogP contribution is 2.28. The fourth-order valence-electron chi connectivity index (χ4n) is 2.40. The van der Waals surface area contributed by atoms with Crippen LogP contribution in [0.1, 0.15) is 36.8 Å². The minimum atomic E-state index is -0.133. The molecule has 0 aliphatic rings. The third kappa shape index (κ3) is 4.51. The van der Waals surface area contributed by atoms with Crippen LogP contribution in [0, 0.1) is 13.8 Å². The fraction of sp³-hybridized carbons (Fsp3) is 0.444. The zero-order valence-corrected chi connectivity index (χ0v) is 15.7. The lowest BCUT2D eigenvalue weighted by molar-refractivity contribution is 0.461. The molecule has 0 radical (unpaired) electrons. The van der Waals surface area contributed by atoms with Gasteiger partial charge in [-0.3, -0.25) is 4.99 Å². The van der Waals surface area contributed by atoms with Crippen molar-refractivity contribution in [3.63, 3.8) is 0 Å². The lowest BCUT2D eigenvalue weighted by atomic mass is 9.84. The van der Waals surface area contributed by atoms with Crippen LogP contribution in [0.5, 0.6) is 0 Å². The molecular weight excluding hydrogens is 324 g/mol. The minimum Gasteiger partial charge on any atom is -0.444 e. The molecule has 0 spiro atoms. The van der Waals surface area contributed by atoms with Crippen molar-refractivity contribution in [1.82, 2.24) is 15.6 Å². The summed E-state index contributed by atoms with van der Waals surface area (Å²) < 4.78 is 5.57. The first-order chi connectivity index (χ1) is 11.3. The topological polar surface area (TPSA) is 62.5 Å².